The Kier molecular flexibility index (Phi) is 2.80. The molecular weight excluding hydrogens is 296 g/mol. The zero-order valence-electron chi connectivity index (χ0n) is 15.1. The molecule has 2 nitrogen and oxygen atoms in total. The van der Waals surface area contributed by atoms with Gasteiger partial charge >= 0.3 is 5.97 Å². The Labute approximate surface area is 146 Å². The van der Waals surface area contributed by atoms with Crippen molar-refractivity contribution in [1.82, 2.24) is 0 Å². The fourth-order valence-corrected chi connectivity index (χ4v) is 8.96. The minimum Gasteiger partial charge on any atom is -0.458 e. The van der Waals surface area contributed by atoms with Gasteiger partial charge in [-0.3, -0.25) is 4.79 Å². The minimum atomic E-state index is -0.131. The molecule has 0 heterocycles. The molecule has 0 aromatic rings. The largest absolute Gasteiger partial charge is 0.458 e. The summed E-state index contributed by atoms with van der Waals surface area (Å²) in [4.78, 5) is 13.5. The zero-order valence-corrected chi connectivity index (χ0v) is 15.1. The number of esters is 1. The number of carbonyl (C=O) groups excluding carboxylic acids is 1. The van der Waals surface area contributed by atoms with Gasteiger partial charge in [0.15, 0.2) is 0 Å². The lowest BCUT2D eigenvalue weighted by Gasteiger charge is -2.61. The normalized spacial score (nSPS) is 59.8. The van der Waals surface area contributed by atoms with Crippen molar-refractivity contribution in [3.8, 4) is 0 Å². The molecule has 0 aromatic heterocycles. The van der Waals surface area contributed by atoms with Crippen LogP contribution in [0.25, 0.3) is 0 Å². The molecule has 0 N–H and O–H groups in total. The third-order valence-electron chi connectivity index (χ3n) is 9.54. The van der Waals surface area contributed by atoms with Crippen LogP contribution in [0, 0.1) is 46.8 Å². The summed E-state index contributed by atoms with van der Waals surface area (Å²) in [5.74, 6) is 5.92. The van der Waals surface area contributed by atoms with E-state index in [9.17, 15) is 4.79 Å². The molecule has 0 amide bonds. The molecule has 8 fully saturated rings. The predicted molar refractivity (Wildman–Crippen MR) is 92.1 cm³/mol. The van der Waals surface area contributed by atoms with Gasteiger partial charge in [0.1, 0.15) is 5.60 Å². The number of ether oxygens (including phenoxy) is 1. The summed E-state index contributed by atoms with van der Waals surface area (Å²) in [6, 6.07) is 0. The first-order chi connectivity index (χ1) is 11.5. The Balaban J connectivity index is 1.27. The summed E-state index contributed by atoms with van der Waals surface area (Å²) in [6.45, 7) is 2.32. The van der Waals surface area contributed by atoms with Gasteiger partial charge in [-0.1, -0.05) is 0 Å². The maximum Gasteiger partial charge on any atom is 0.312 e. The highest BCUT2D eigenvalue weighted by molar-refractivity contribution is 5.78. The van der Waals surface area contributed by atoms with Gasteiger partial charge in [0.25, 0.3) is 0 Å². The van der Waals surface area contributed by atoms with E-state index in [0.29, 0.717) is 11.8 Å². The Morgan fingerprint density at radius 1 is 0.708 bits per heavy atom. The fraction of sp³-hybridized carbons (Fsp3) is 0.955. The second-order valence-electron chi connectivity index (χ2n) is 11.1. The standard InChI is InChI=1S/C22H32O2/c1-21(18-6-13-2-14(8-18)9-19(21)7-13)24-20(23)22-10-15-3-16(11-22)5-17(4-15)12-22/h13-19H,2-12H2,1H3. The van der Waals surface area contributed by atoms with Crippen LogP contribution in [0.15, 0.2) is 0 Å². The van der Waals surface area contributed by atoms with Gasteiger partial charge in [-0.05, 0) is 119 Å². The van der Waals surface area contributed by atoms with Crippen molar-refractivity contribution >= 4 is 5.97 Å². The van der Waals surface area contributed by atoms with E-state index in [4.69, 9.17) is 4.74 Å². The Bertz CT molecular complexity index is 513. The van der Waals surface area contributed by atoms with Gasteiger partial charge in [0.05, 0.1) is 5.41 Å². The third kappa shape index (κ3) is 1.86. The third-order valence-corrected chi connectivity index (χ3v) is 9.54. The van der Waals surface area contributed by atoms with E-state index in [-0.39, 0.29) is 17.0 Å². The lowest BCUT2D eigenvalue weighted by molar-refractivity contribution is -0.221. The summed E-state index contributed by atoms with van der Waals surface area (Å²) in [5.41, 5.74) is -0.208. The molecule has 0 atom stereocenters. The highest BCUT2D eigenvalue weighted by Crippen LogP contribution is 2.63. The first-order valence-electron chi connectivity index (χ1n) is 10.8. The monoisotopic (exact) mass is 328 g/mol. The van der Waals surface area contributed by atoms with E-state index in [1.165, 1.54) is 51.4 Å². The van der Waals surface area contributed by atoms with Gasteiger partial charge < -0.3 is 4.74 Å². The fourth-order valence-electron chi connectivity index (χ4n) is 8.96. The second-order valence-corrected chi connectivity index (χ2v) is 11.1. The number of hydrogen-bond acceptors (Lipinski definition) is 2. The summed E-state index contributed by atoms with van der Waals surface area (Å²) in [6.07, 6.45) is 14.4. The van der Waals surface area contributed by atoms with E-state index in [1.807, 2.05) is 0 Å². The molecule has 0 aromatic carbocycles. The Morgan fingerprint density at radius 2 is 1.12 bits per heavy atom. The Hall–Kier alpha value is -0.530. The molecule has 24 heavy (non-hydrogen) atoms. The molecular formula is C22H32O2. The average molecular weight is 328 g/mol. The second kappa shape index (κ2) is 4.60. The lowest BCUT2D eigenvalue weighted by atomic mass is 9.49. The molecule has 8 rings (SSSR count). The van der Waals surface area contributed by atoms with Crippen molar-refractivity contribution in [3.05, 3.63) is 0 Å². The average Bonchev–Trinajstić information content (AvgIpc) is 2.51. The number of carbonyl (C=O) groups is 1. The zero-order chi connectivity index (χ0) is 16.1. The van der Waals surface area contributed by atoms with E-state index in [2.05, 4.69) is 6.92 Å². The smallest absolute Gasteiger partial charge is 0.312 e. The molecule has 8 aliphatic rings. The first kappa shape index (κ1) is 14.6. The summed E-state index contributed by atoms with van der Waals surface area (Å²) in [7, 11) is 0. The lowest BCUT2D eigenvalue weighted by Crippen LogP contribution is -2.60. The molecule has 0 unspecified atom stereocenters. The molecule has 0 spiro atoms. The van der Waals surface area contributed by atoms with Gasteiger partial charge in [-0.25, -0.2) is 0 Å². The van der Waals surface area contributed by atoms with Crippen molar-refractivity contribution in [2.45, 2.75) is 83.2 Å². The van der Waals surface area contributed by atoms with Gasteiger partial charge in [0.2, 0.25) is 0 Å². The van der Waals surface area contributed by atoms with Crippen LogP contribution in [0.5, 0.6) is 0 Å². The van der Waals surface area contributed by atoms with Crippen LogP contribution in [0.3, 0.4) is 0 Å². The van der Waals surface area contributed by atoms with Crippen molar-refractivity contribution in [3.63, 3.8) is 0 Å². The Morgan fingerprint density at radius 3 is 1.58 bits per heavy atom. The van der Waals surface area contributed by atoms with Crippen LogP contribution in [0.2, 0.25) is 0 Å². The highest BCUT2D eigenvalue weighted by atomic mass is 16.6. The molecule has 0 saturated heterocycles. The van der Waals surface area contributed by atoms with Crippen LogP contribution in [0.4, 0.5) is 0 Å². The van der Waals surface area contributed by atoms with Gasteiger partial charge in [-0.15, -0.1) is 0 Å². The van der Waals surface area contributed by atoms with Crippen LogP contribution in [-0.2, 0) is 9.53 Å². The van der Waals surface area contributed by atoms with Gasteiger partial charge in [-0.2, -0.15) is 0 Å². The quantitative estimate of drug-likeness (QED) is 0.670. The number of rotatable bonds is 2. The van der Waals surface area contributed by atoms with Crippen LogP contribution in [-0.4, -0.2) is 11.6 Å². The summed E-state index contributed by atoms with van der Waals surface area (Å²) < 4.78 is 6.56. The SMILES string of the molecule is CC1(OC(=O)C23CC4CC(CC(C4)C2)C3)C2CC3CC(C2)CC1C3. The van der Waals surface area contributed by atoms with Gasteiger partial charge in [0, 0.05) is 0 Å². The molecule has 8 aliphatic carbocycles. The van der Waals surface area contributed by atoms with Crippen molar-refractivity contribution < 1.29 is 9.53 Å². The van der Waals surface area contributed by atoms with E-state index >= 15 is 0 Å². The minimum absolute atomic E-state index is 0.0770. The number of hydrogen-bond donors (Lipinski definition) is 0. The van der Waals surface area contributed by atoms with Crippen molar-refractivity contribution in [1.29, 1.82) is 0 Å². The predicted octanol–water partition coefficient (Wildman–Crippen LogP) is 4.96. The van der Waals surface area contributed by atoms with Crippen LogP contribution >= 0.6 is 0 Å². The van der Waals surface area contributed by atoms with Crippen molar-refractivity contribution in [2.75, 3.05) is 0 Å². The molecule has 8 bridgehead atoms. The molecule has 2 heteroatoms. The van der Waals surface area contributed by atoms with Crippen LogP contribution < -0.4 is 0 Å². The maximum atomic E-state index is 13.5. The summed E-state index contributed by atoms with van der Waals surface area (Å²) >= 11 is 0. The van der Waals surface area contributed by atoms with Crippen LogP contribution in [0.1, 0.15) is 77.6 Å². The molecule has 132 valence electrons. The molecule has 0 aliphatic heterocycles. The van der Waals surface area contributed by atoms with E-state index in [1.54, 1.807) is 0 Å². The molecule has 8 saturated carbocycles. The summed E-state index contributed by atoms with van der Waals surface area (Å²) in [5, 5.41) is 0. The topological polar surface area (TPSA) is 26.3 Å². The highest BCUT2D eigenvalue weighted by Gasteiger charge is 2.60. The van der Waals surface area contributed by atoms with E-state index < -0.39 is 0 Å². The maximum absolute atomic E-state index is 13.5. The first-order valence-corrected chi connectivity index (χ1v) is 10.8. The molecule has 0 radical (unpaired) electrons. The van der Waals surface area contributed by atoms with Crippen molar-refractivity contribution in [2.24, 2.45) is 46.8 Å². The van der Waals surface area contributed by atoms with E-state index in [0.717, 1.165) is 48.9 Å².